The molecule has 0 saturated carbocycles. The molecule has 6 heteroatoms. The number of nitrogens with two attached hydrogens (primary N) is 1. The highest BCUT2D eigenvalue weighted by atomic mass is 15.3. The third-order valence-corrected chi connectivity index (χ3v) is 2.08. The van der Waals surface area contributed by atoms with Gasteiger partial charge in [-0.15, -0.1) is 5.11 Å². The molecule has 0 bridgehead atoms. The summed E-state index contributed by atoms with van der Waals surface area (Å²) in [6.07, 6.45) is 1.69. The number of hydrogen-bond acceptors (Lipinski definition) is 4. The Hall–Kier alpha value is -2.63. The fourth-order valence-electron chi connectivity index (χ4n) is 1.33. The van der Waals surface area contributed by atoms with Crippen LogP contribution in [0.5, 0.6) is 0 Å². The Kier molecular flexibility index (Phi) is 3.15. The average molecular weight is 226 g/mol. The van der Waals surface area contributed by atoms with Crippen molar-refractivity contribution in [3.8, 4) is 11.4 Å². The van der Waals surface area contributed by atoms with E-state index in [0.717, 1.165) is 5.69 Å². The lowest BCUT2D eigenvalue weighted by Gasteiger charge is -2.01. The van der Waals surface area contributed by atoms with Crippen LogP contribution in [-0.2, 0) is 0 Å². The van der Waals surface area contributed by atoms with Crippen molar-refractivity contribution in [2.75, 3.05) is 0 Å². The molecule has 84 valence electrons. The largest absolute Gasteiger partial charge is 0.305 e. The minimum Gasteiger partial charge on any atom is -0.305 e. The zero-order valence-corrected chi connectivity index (χ0v) is 8.91. The lowest BCUT2D eigenvalue weighted by atomic mass is 10.2. The van der Waals surface area contributed by atoms with Gasteiger partial charge in [-0.05, 0) is 24.3 Å². The van der Waals surface area contributed by atoms with Crippen LogP contribution in [0.4, 0.5) is 0 Å². The Bertz CT molecular complexity index is 549. The predicted molar refractivity (Wildman–Crippen MR) is 63.3 cm³/mol. The highest BCUT2D eigenvalue weighted by molar-refractivity contribution is 5.95. The molecule has 2 aromatic heterocycles. The van der Waals surface area contributed by atoms with Crippen molar-refractivity contribution < 1.29 is 0 Å². The van der Waals surface area contributed by atoms with E-state index in [1.54, 1.807) is 18.3 Å². The average Bonchev–Trinajstić information content (AvgIpc) is 2.40. The van der Waals surface area contributed by atoms with Gasteiger partial charge in [0.05, 0.1) is 11.4 Å². The number of amidine groups is 1. The number of nitrogens with one attached hydrogen (secondary N) is 1. The molecule has 17 heavy (non-hydrogen) atoms. The molecular weight excluding hydrogens is 216 g/mol. The summed E-state index contributed by atoms with van der Waals surface area (Å²) in [4.78, 5) is 8.45. The fourth-order valence-corrected chi connectivity index (χ4v) is 1.33. The maximum atomic E-state index is 7.57. The molecular formula is C11H10N6. The number of rotatable bonds is 2. The normalized spacial score (nSPS) is 10.6. The van der Waals surface area contributed by atoms with Gasteiger partial charge in [0.15, 0.2) is 5.84 Å². The molecule has 0 aliphatic carbocycles. The van der Waals surface area contributed by atoms with Gasteiger partial charge in [-0.25, -0.2) is 4.98 Å². The minimum atomic E-state index is -0.0784. The van der Waals surface area contributed by atoms with Crippen molar-refractivity contribution in [2.24, 2.45) is 16.2 Å². The van der Waals surface area contributed by atoms with Gasteiger partial charge in [-0.1, -0.05) is 17.4 Å². The van der Waals surface area contributed by atoms with Gasteiger partial charge in [0, 0.05) is 6.20 Å². The zero-order valence-electron chi connectivity index (χ0n) is 8.91. The molecule has 0 aromatic carbocycles. The molecule has 2 rings (SSSR count). The predicted octanol–water partition coefficient (Wildman–Crippen LogP) is 1.79. The minimum absolute atomic E-state index is 0.0784. The molecule has 3 N–H and O–H groups in total. The standard InChI is InChI=1S/C11H10N6/c12-11(16-17-13)10-6-3-5-9(15-10)8-4-1-2-7-14-8/h1-7H,(H3,12,13,16). The van der Waals surface area contributed by atoms with Gasteiger partial charge in [0.25, 0.3) is 0 Å². The van der Waals surface area contributed by atoms with Crippen LogP contribution in [0.25, 0.3) is 11.4 Å². The summed E-state index contributed by atoms with van der Waals surface area (Å²) >= 11 is 0. The Morgan fingerprint density at radius 2 is 1.94 bits per heavy atom. The second-order valence-corrected chi connectivity index (χ2v) is 3.19. The summed E-state index contributed by atoms with van der Waals surface area (Å²) < 4.78 is 0. The first-order valence-corrected chi connectivity index (χ1v) is 4.89. The molecule has 0 amide bonds. The summed E-state index contributed by atoms with van der Waals surface area (Å²) in [5.41, 5.74) is 1.83. The van der Waals surface area contributed by atoms with Gasteiger partial charge >= 0.3 is 0 Å². The summed E-state index contributed by atoms with van der Waals surface area (Å²) in [7, 11) is 0. The van der Waals surface area contributed by atoms with E-state index in [9.17, 15) is 0 Å². The second kappa shape index (κ2) is 4.93. The highest BCUT2D eigenvalue weighted by Crippen LogP contribution is 2.13. The van der Waals surface area contributed by atoms with Crippen molar-refractivity contribution in [2.45, 2.75) is 0 Å². The lowest BCUT2D eigenvalue weighted by Crippen LogP contribution is -2.00. The van der Waals surface area contributed by atoms with Gasteiger partial charge in [0.1, 0.15) is 5.69 Å². The maximum absolute atomic E-state index is 7.57. The van der Waals surface area contributed by atoms with Gasteiger partial charge in [-0.3, -0.25) is 10.4 Å². The molecule has 0 fully saturated rings. The number of hydrogen-bond donors (Lipinski definition) is 2. The Morgan fingerprint density at radius 3 is 2.65 bits per heavy atom. The van der Waals surface area contributed by atoms with E-state index < -0.39 is 0 Å². The van der Waals surface area contributed by atoms with Crippen molar-refractivity contribution in [1.29, 1.82) is 5.41 Å². The van der Waals surface area contributed by atoms with Crippen LogP contribution >= 0.6 is 0 Å². The molecule has 2 heterocycles. The fraction of sp³-hybridized carbons (Fsp3) is 0. The van der Waals surface area contributed by atoms with E-state index in [2.05, 4.69) is 20.3 Å². The molecule has 0 saturated heterocycles. The topological polar surface area (TPSA) is 100 Å². The van der Waals surface area contributed by atoms with E-state index in [-0.39, 0.29) is 5.84 Å². The Balaban J connectivity index is 2.39. The van der Waals surface area contributed by atoms with Crippen LogP contribution in [0.15, 0.2) is 52.9 Å². The summed E-state index contributed by atoms with van der Waals surface area (Å²) in [5, 5.41) is 14.1. The lowest BCUT2D eigenvalue weighted by molar-refractivity contribution is 1.07. The molecule has 0 atom stereocenters. The molecule has 0 unspecified atom stereocenters. The van der Waals surface area contributed by atoms with Crippen LogP contribution in [-0.4, -0.2) is 15.8 Å². The Labute approximate surface area is 97.7 Å². The zero-order chi connectivity index (χ0) is 12.1. The molecule has 2 aromatic rings. The van der Waals surface area contributed by atoms with Crippen LogP contribution in [0.3, 0.4) is 0 Å². The Morgan fingerprint density at radius 1 is 1.12 bits per heavy atom. The molecule has 0 aliphatic rings. The summed E-state index contributed by atoms with van der Waals surface area (Å²) in [6, 6.07) is 10.8. The first-order chi connectivity index (χ1) is 8.31. The number of pyridine rings is 2. The monoisotopic (exact) mass is 226 g/mol. The SMILES string of the molecule is N=C(N=NN)c1cccc(-c2ccccn2)n1. The quantitative estimate of drug-likeness (QED) is 0.268. The number of nitrogens with zero attached hydrogens (tertiary/aromatic N) is 4. The molecule has 0 radical (unpaired) electrons. The molecule has 6 nitrogen and oxygen atoms in total. The van der Waals surface area contributed by atoms with Crippen molar-refractivity contribution in [3.63, 3.8) is 0 Å². The van der Waals surface area contributed by atoms with E-state index >= 15 is 0 Å². The van der Waals surface area contributed by atoms with Crippen molar-refractivity contribution in [3.05, 3.63) is 48.3 Å². The maximum Gasteiger partial charge on any atom is 0.194 e. The third-order valence-electron chi connectivity index (χ3n) is 2.08. The van der Waals surface area contributed by atoms with Gasteiger partial charge in [-0.2, -0.15) is 0 Å². The van der Waals surface area contributed by atoms with Gasteiger partial charge < -0.3 is 5.84 Å². The van der Waals surface area contributed by atoms with Crippen molar-refractivity contribution in [1.82, 2.24) is 9.97 Å². The summed E-state index contributed by atoms with van der Waals surface area (Å²) in [6.45, 7) is 0. The van der Waals surface area contributed by atoms with Crippen LogP contribution < -0.4 is 5.84 Å². The smallest absolute Gasteiger partial charge is 0.194 e. The first-order valence-electron chi connectivity index (χ1n) is 4.89. The van der Waals surface area contributed by atoms with Crippen molar-refractivity contribution >= 4 is 5.84 Å². The first kappa shape index (κ1) is 10.9. The van der Waals surface area contributed by atoms with Gasteiger partial charge in [0.2, 0.25) is 0 Å². The van der Waals surface area contributed by atoms with Crippen LogP contribution in [0.1, 0.15) is 5.69 Å². The van der Waals surface area contributed by atoms with E-state index in [4.69, 9.17) is 11.3 Å². The van der Waals surface area contributed by atoms with E-state index in [0.29, 0.717) is 11.4 Å². The number of aromatic nitrogens is 2. The second-order valence-electron chi connectivity index (χ2n) is 3.19. The van der Waals surface area contributed by atoms with Crippen LogP contribution in [0, 0.1) is 5.41 Å². The van der Waals surface area contributed by atoms with E-state index in [1.807, 2.05) is 24.3 Å². The van der Waals surface area contributed by atoms with E-state index in [1.165, 1.54) is 0 Å². The molecule has 0 spiro atoms. The molecule has 0 aliphatic heterocycles. The van der Waals surface area contributed by atoms with Crippen LogP contribution in [0.2, 0.25) is 0 Å². The third kappa shape index (κ3) is 2.49. The summed E-state index contributed by atoms with van der Waals surface area (Å²) in [5.74, 6) is 4.81. The highest BCUT2D eigenvalue weighted by Gasteiger charge is 2.05.